The number of nitrogens with one attached hydrogen (secondary N) is 1. The molecule has 1 aromatic heterocycles. The minimum atomic E-state index is 0.839. The van der Waals surface area contributed by atoms with Gasteiger partial charge in [0.1, 0.15) is 6.26 Å². The zero-order chi connectivity index (χ0) is 17.5. The average Bonchev–Trinajstić information content (AvgIpc) is 3.13. The van der Waals surface area contributed by atoms with Crippen molar-refractivity contribution in [3.8, 4) is 0 Å². The summed E-state index contributed by atoms with van der Waals surface area (Å²) in [5, 5.41) is 7.55. The van der Waals surface area contributed by atoms with E-state index in [9.17, 15) is 0 Å². The maximum absolute atomic E-state index is 4.91. The monoisotopic (exact) mass is 348 g/mol. The zero-order valence-electron chi connectivity index (χ0n) is 15.7. The predicted octanol–water partition coefficient (Wildman–Crippen LogP) is 1.10. The van der Waals surface area contributed by atoms with Gasteiger partial charge in [-0.3, -0.25) is 9.89 Å². The summed E-state index contributed by atoms with van der Waals surface area (Å²) in [7, 11) is 1.88. The fraction of sp³-hybridized carbons (Fsp3) is 0.778. The van der Waals surface area contributed by atoms with Crippen LogP contribution in [0.25, 0.3) is 0 Å². The quantitative estimate of drug-likeness (QED) is 0.635. The Hall–Kier alpha value is -1.60. The highest BCUT2D eigenvalue weighted by Crippen LogP contribution is 2.14. The molecule has 0 aromatic carbocycles. The second kappa shape index (κ2) is 9.20. The van der Waals surface area contributed by atoms with Crippen molar-refractivity contribution < 1.29 is 4.52 Å². The molecular weight excluding hydrogens is 316 g/mol. The van der Waals surface area contributed by atoms with Gasteiger partial charge in [-0.25, -0.2) is 0 Å². The lowest BCUT2D eigenvalue weighted by Crippen LogP contribution is -2.53. The van der Waals surface area contributed by atoms with Crippen molar-refractivity contribution >= 4 is 5.96 Å². The van der Waals surface area contributed by atoms with Gasteiger partial charge in [0.05, 0.1) is 5.69 Å². The van der Waals surface area contributed by atoms with Crippen LogP contribution in [-0.2, 0) is 6.54 Å². The lowest BCUT2D eigenvalue weighted by atomic mass is 10.0. The van der Waals surface area contributed by atoms with E-state index >= 15 is 0 Å². The molecule has 3 heterocycles. The van der Waals surface area contributed by atoms with Crippen LogP contribution < -0.4 is 5.32 Å². The third-order valence-electron chi connectivity index (χ3n) is 5.21. The van der Waals surface area contributed by atoms with Crippen LogP contribution in [0.1, 0.15) is 25.5 Å². The van der Waals surface area contributed by atoms with Crippen LogP contribution in [0.4, 0.5) is 0 Å². The second-order valence-corrected chi connectivity index (χ2v) is 7.28. The first kappa shape index (κ1) is 18.2. The molecule has 7 nitrogen and oxygen atoms in total. The molecule has 140 valence electrons. The molecule has 0 aliphatic carbocycles. The molecule has 2 fully saturated rings. The molecule has 2 aliphatic rings. The van der Waals surface area contributed by atoms with E-state index in [-0.39, 0.29) is 0 Å². The summed E-state index contributed by atoms with van der Waals surface area (Å²) in [4.78, 5) is 11.8. The first-order valence-electron chi connectivity index (χ1n) is 9.54. The van der Waals surface area contributed by atoms with Crippen LogP contribution in [0.3, 0.4) is 0 Å². The number of aromatic nitrogens is 1. The molecule has 25 heavy (non-hydrogen) atoms. The number of aliphatic imine (C=N–C) groups is 1. The smallest absolute Gasteiger partial charge is 0.193 e. The van der Waals surface area contributed by atoms with Crippen LogP contribution in [0, 0.1) is 5.92 Å². The van der Waals surface area contributed by atoms with Gasteiger partial charge >= 0.3 is 0 Å². The molecule has 0 spiro atoms. The van der Waals surface area contributed by atoms with Gasteiger partial charge in [0.15, 0.2) is 5.96 Å². The summed E-state index contributed by atoms with van der Waals surface area (Å²) in [5.74, 6) is 1.87. The number of likely N-dealkylation sites (tertiary alicyclic amines) is 1. The number of guanidine groups is 1. The molecule has 2 aliphatic heterocycles. The molecule has 7 heteroatoms. The van der Waals surface area contributed by atoms with E-state index in [1.54, 1.807) is 6.26 Å². The predicted molar refractivity (Wildman–Crippen MR) is 99.6 cm³/mol. The van der Waals surface area contributed by atoms with E-state index in [0.29, 0.717) is 0 Å². The number of hydrogen-bond acceptors (Lipinski definition) is 5. The van der Waals surface area contributed by atoms with Crippen LogP contribution in [-0.4, -0.2) is 85.2 Å². The number of rotatable bonds is 5. The van der Waals surface area contributed by atoms with Crippen LogP contribution in [0.15, 0.2) is 21.8 Å². The van der Waals surface area contributed by atoms with E-state index in [1.807, 2.05) is 13.1 Å². The van der Waals surface area contributed by atoms with Gasteiger partial charge in [0.2, 0.25) is 0 Å². The standard InChI is InChI=1S/C18H32N6O/c1-16-4-3-7-22(14-16)8-6-20-18(19-2)24-11-9-23(10-12-24)15-17-5-13-25-21-17/h5,13,16H,3-4,6-12,14-15H2,1-2H3,(H,19,20). The number of piperidine rings is 1. The molecule has 1 aromatic rings. The Morgan fingerprint density at radius 1 is 1.28 bits per heavy atom. The van der Waals surface area contributed by atoms with Crippen LogP contribution >= 0.6 is 0 Å². The van der Waals surface area contributed by atoms with Crippen molar-refractivity contribution in [2.45, 2.75) is 26.3 Å². The fourth-order valence-corrected chi connectivity index (χ4v) is 3.81. The van der Waals surface area contributed by atoms with Crippen molar-refractivity contribution in [2.75, 3.05) is 59.4 Å². The van der Waals surface area contributed by atoms with Gasteiger partial charge in [0, 0.05) is 65.5 Å². The zero-order valence-corrected chi connectivity index (χ0v) is 15.7. The maximum Gasteiger partial charge on any atom is 0.193 e. The Bertz CT molecular complexity index is 524. The summed E-state index contributed by atoms with van der Waals surface area (Å²) in [5.41, 5.74) is 1.01. The van der Waals surface area contributed by atoms with Gasteiger partial charge < -0.3 is 19.6 Å². The Kier molecular flexibility index (Phi) is 6.69. The van der Waals surface area contributed by atoms with Crippen molar-refractivity contribution in [3.05, 3.63) is 18.0 Å². The third-order valence-corrected chi connectivity index (χ3v) is 5.21. The molecule has 2 saturated heterocycles. The van der Waals surface area contributed by atoms with Gasteiger partial charge in [-0.2, -0.15) is 0 Å². The Labute approximate surface area is 151 Å². The molecule has 1 atom stereocenters. The molecule has 0 amide bonds. The molecular formula is C18H32N6O. The SMILES string of the molecule is CN=C(NCCN1CCCC(C)C1)N1CCN(Cc2ccon2)CC1. The topological polar surface area (TPSA) is 60.1 Å². The van der Waals surface area contributed by atoms with E-state index in [1.165, 1.54) is 25.9 Å². The Morgan fingerprint density at radius 2 is 2.12 bits per heavy atom. The number of hydrogen-bond donors (Lipinski definition) is 1. The van der Waals surface area contributed by atoms with Crippen LogP contribution in [0.5, 0.6) is 0 Å². The molecule has 1 unspecified atom stereocenters. The van der Waals surface area contributed by atoms with Crippen molar-refractivity contribution in [2.24, 2.45) is 10.9 Å². The largest absolute Gasteiger partial charge is 0.364 e. The molecule has 3 rings (SSSR count). The van der Waals surface area contributed by atoms with Gasteiger partial charge in [-0.05, 0) is 25.3 Å². The molecule has 0 radical (unpaired) electrons. The summed E-state index contributed by atoms with van der Waals surface area (Å²) in [6, 6.07) is 1.94. The summed E-state index contributed by atoms with van der Waals surface area (Å²) >= 11 is 0. The minimum Gasteiger partial charge on any atom is -0.364 e. The molecule has 0 bridgehead atoms. The van der Waals surface area contributed by atoms with Gasteiger partial charge in [-0.15, -0.1) is 0 Å². The van der Waals surface area contributed by atoms with Crippen molar-refractivity contribution in [3.63, 3.8) is 0 Å². The molecule has 1 N–H and O–H groups in total. The third kappa shape index (κ3) is 5.44. The highest BCUT2D eigenvalue weighted by Gasteiger charge is 2.21. The highest BCUT2D eigenvalue weighted by molar-refractivity contribution is 5.80. The fourth-order valence-electron chi connectivity index (χ4n) is 3.81. The summed E-state index contributed by atoms with van der Waals surface area (Å²) < 4.78 is 4.91. The van der Waals surface area contributed by atoms with E-state index in [2.05, 4.69) is 37.1 Å². The number of nitrogens with zero attached hydrogens (tertiary/aromatic N) is 5. The molecule has 0 saturated carbocycles. The van der Waals surface area contributed by atoms with E-state index in [4.69, 9.17) is 4.52 Å². The minimum absolute atomic E-state index is 0.839. The Balaban J connectivity index is 1.37. The van der Waals surface area contributed by atoms with Crippen LogP contribution in [0.2, 0.25) is 0 Å². The average molecular weight is 348 g/mol. The van der Waals surface area contributed by atoms with E-state index in [0.717, 1.165) is 63.4 Å². The van der Waals surface area contributed by atoms with Crippen molar-refractivity contribution in [1.82, 2.24) is 25.2 Å². The first-order chi connectivity index (χ1) is 12.2. The summed E-state index contributed by atoms with van der Waals surface area (Å²) in [6.45, 7) is 11.8. The van der Waals surface area contributed by atoms with Gasteiger partial charge in [0.25, 0.3) is 0 Å². The second-order valence-electron chi connectivity index (χ2n) is 7.28. The lowest BCUT2D eigenvalue weighted by Gasteiger charge is -2.36. The van der Waals surface area contributed by atoms with Gasteiger partial charge in [-0.1, -0.05) is 12.1 Å². The summed E-state index contributed by atoms with van der Waals surface area (Å²) in [6.07, 6.45) is 4.36. The normalized spacial score (nSPS) is 23.8. The Morgan fingerprint density at radius 3 is 2.80 bits per heavy atom. The lowest BCUT2D eigenvalue weighted by molar-refractivity contribution is 0.167. The first-order valence-corrected chi connectivity index (χ1v) is 9.54. The van der Waals surface area contributed by atoms with Crippen molar-refractivity contribution in [1.29, 1.82) is 0 Å². The maximum atomic E-state index is 4.91. The highest BCUT2D eigenvalue weighted by atomic mass is 16.5. The van der Waals surface area contributed by atoms with E-state index < -0.39 is 0 Å². The number of piperazine rings is 1.